The van der Waals surface area contributed by atoms with Crippen LogP contribution < -0.4 is 0 Å². The number of rotatable bonds is 4. The summed E-state index contributed by atoms with van der Waals surface area (Å²) in [7, 11) is 0. The number of aromatic carboxylic acids is 1. The van der Waals surface area contributed by atoms with E-state index < -0.39 is 11.8 Å². The van der Waals surface area contributed by atoms with Crippen molar-refractivity contribution in [3.63, 3.8) is 0 Å². The van der Waals surface area contributed by atoms with Gasteiger partial charge in [-0.2, -0.15) is 0 Å². The van der Waals surface area contributed by atoms with Crippen LogP contribution in [0.15, 0.2) is 73.1 Å². The number of nitrogens with one attached hydrogen (secondary N) is 1. The molecule has 4 aromatic rings. The lowest BCUT2D eigenvalue weighted by molar-refractivity contribution is 0.0692. The highest BCUT2D eigenvalue weighted by atomic mass is 19.1. The van der Waals surface area contributed by atoms with Crippen LogP contribution in [-0.4, -0.2) is 26.0 Å². The van der Waals surface area contributed by atoms with E-state index in [1.54, 1.807) is 12.4 Å². The summed E-state index contributed by atoms with van der Waals surface area (Å²) in [5, 5.41) is 9.23. The molecule has 4 rings (SSSR count). The van der Waals surface area contributed by atoms with Gasteiger partial charge in [-0.25, -0.2) is 14.2 Å². The fourth-order valence-corrected chi connectivity index (χ4v) is 2.88. The molecule has 27 heavy (non-hydrogen) atoms. The minimum absolute atomic E-state index is 0.385. The van der Waals surface area contributed by atoms with Crippen LogP contribution in [0.3, 0.4) is 0 Å². The first-order valence-electron chi connectivity index (χ1n) is 8.22. The number of hydrogen-bond acceptors (Lipinski definition) is 3. The molecule has 5 nitrogen and oxygen atoms in total. The summed E-state index contributed by atoms with van der Waals surface area (Å²) in [4.78, 5) is 23.3. The van der Waals surface area contributed by atoms with Crippen molar-refractivity contribution in [2.75, 3.05) is 0 Å². The lowest BCUT2D eigenvalue weighted by Crippen LogP contribution is -2.00. The number of nitrogens with zero attached hydrogens (tertiary/aromatic N) is 2. The van der Waals surface area contributed by atoms with Gasteiger partial charge in [-0.15, -0.1) is 0 Å². The van der Waals surface area contributed by atoms with Gasteiger partial charge >= 0.3 is 5.97 Å². The second-order valence-electron chi connectivity index (χ2n) is 5.91. The van der Waals surface area contributed by atoms with Gasteiger partial charge in [0.15, 0.2) is 0 Å². The Morgan fingerprint density at radius 3 is 2.37 bits per heavy atom. The van der Waals surface area contributed by atoms with Crippen molar-refractivity contribution in [3.05, 3.63) is 84.4 Å². The Hall–Kier alpha value is -3.80. The normalized spacial score (nSPS) is 10.7. The summed E-state index contributed by atoms with van der Waals surface area (Å²) in [6.07, 6.45) is 3.31. The highest BCUT2D eigenvalue weighted by Crippen LogP contribution is 2.33. The number of carbonyl (C=O) groups is 1. The third-order valence-electron chi connectivity index (χ3n) is 4.19. The van der Waals surface area contributed by atoms with Crippen LogP contribution in [0, 0.1) is 5.82 Å². The zero-order valence-electron chi connectivity index (χ0n) is 14.1. The summed E-state index contributed by atoms with van der Waals surface area (Å²) in [5.74, 6) is -1.46. The quantitative estimate of drug-likeness (QED) is 0.556. The SMILES string of the molecule is O=C(O)c1cc(-c2[nH]c(-c3ccccc3)nc2-c2ccncc2)ccc1F. The predicted molar refractivity (Wildman–Crippen MR) is 99.6 cm³/mol. The van der Waals surface area contributed by atoms with Crippen molar-refractivity contribution in [2.24, 2.45) is 0 Å². The average molecular weight is 359 g/mol. The summed E-state index contributed by atoms with van der Waals surface area (Å²) >= 11 is 0. The molecule has 6 heteroatoms. The molecule has 0 aliphatic carbocycles. The van der Waals surface area contributed by atoms with Crippen LogP contribution in [0.25, 0.3) is 33.9 Å². The van der Waals surface area contributed by atoms with Gasteiger partial charge in [-0.1, -0.05) is 30.3 Å². The topological polar surface area (TPSA) is 78.9 Å². The lowest BCUT2D eigenvalue weighted by Gasteiger charge is -2.05. The molecule has 0 spiro atoms. The molecule has 132 valence electrons. The predicted octanol–water partition coefficient (Wildman–Crippen LogP) is 4.64. The molecular weight excluding hydrogens is 345 g/mol. The number of aromatic nitrogens is 3. The van der Waals surface area contributed by atoms with Gasteiger partial charge in [-0.05, 0) is 30.3 Å². The second-order valence-corrected chi connectivity index (χ2v) is 5.91. The van der Waals surface area contributed by atoms with E-state index in [0.717, 1.165) is 17.2 Å². The highest BCUT2D eigenvalue weighted by Gasteiger charge is 2.18. The van der Waals surface area contributed by atoms with Crippen molar-refractivity contribution in [3.8, 4) is 33.9 Å². The Bertz CT molecular complexity index is 1110. The Kier molecular flexibility index (Phi) is 4.22. The average Bonchev–Trinajstić information content (AvgIpc) is 3.15. The van der Waals surface area contributed by atoms with Gasteiger partial charge < -0.3 is 10.1 Å². The lowest BCUT2D eigenvalue weighted by atomic mass is 10.0. The Morgan fingerprint density at radius 2 is 1.67 bits per heavy atom. The number of pyridine rings is 1. The van der Waals surface area contributed by atoms with Crippen molar-refractivity contribution >= 4 is 5.97 Å². The maximum absolute atomic E-state index is 13.8. The largest absolute Gasteiger partial charge is 0.478 e. The number of carboxylic acid groups (broad SMARTS) is 1. The molecule has 2 heterocycles. The third kappa shape index (κ3) is 3.20. The van der Waals surface area contributed by atoms with Gasteiger partial charge in [0, 0.05) is 29.1 Å². The molecule has 0 fully saturated rings. The summed E-state index contributed by atoms with van der Waals surface area (Å²) in [6, 6.07) is 17.2. The second kappa shape index (κ2) is 6.84. The number of imidazole rings is 1. The first kappa shape index (κ1) is 16.7. The third-order valence-corrected chi connectivity index (χ3v) is 4.19. The summed E-state index contributed by atoms with van der Waals surface area (Å²) in [5.41, 5.74) is 3.11. The van der Waals surface area contributed by atoms with Crippen LogP contribution in [0.2, 0.25) is 0 Å². The molecule has 0 atom stereocenters. The molecule has 0 aliphatic rings. The van der Waals surface area contributed by atoms with Gasteiger partial charge in [0.25, 0.3) is 0 Å². The summed E-state index contributed by atoms with van der Waals surface area (Å²) in [6.45, 7) is 0. The fourth-order valence-electron chi connectivity index (χ4n) is 2.88. The number of H-pyrrole nitrogens is 1. The van der Waals surface area contributed by atoms with Crippen molar-refractivity contribution < 1.29 is 14.3 Å². The standard InChI is InChI=1S/C21H14FN3O2/c22-17-7-6-15(12-16(17)21(26)27)19-18(13-8-10-23-11-9-13)24-20(25-19)14-4-2-1-3-5-14/h1-12H,(H,24,25)(H,26,27). The van der Waals surface area contributed by atoms with Crippen molar-refractivity contribution in [1.82, 2.24) is 15.0 Å². The molecule has 2 aromatic heterocycles. The van der Waals surface area contributed by atoms with Gasteiger partial charge in [0.2, 0.25) is 0 Å². The van der Waals surface area contributed by atoms with Crippen molar-refractivity contribution in [2.45, 2.75) is 0 Å². The molecule has 2 aromatic carbocycles. The number of halogens is 1. The van der Waals surface area contributed by atoms with Crippen molar-refractivity contribution in [1.29, 1.82) is 0 Å². The minimum Gasteiger partial charge on any atom is -0.478 e. The Labute approximate surface area is 154 Å². The number of hydrogen-bond donors (Lipinski definition) is 2. The number of carboxylic acids is 1. The molecule has 0 aliphatic heterocycles. The molecular formula is C21H14FN3O2. The molecule has 2 N–H and O–H groups in total. The first-order valence-corrected chi connectivity index (χ1v) is 8.22. The number of benzene rings is 2. The van der Waals surface area contributed by atoms with Crippen LogP contribution in [-0.2, 0) is 0 Å². The van der Waals surface area contributed by atoms with E-state index >= 15 is 0 Å². The Morgan fingerprint density at radius 1 is 0.926 bits per heavy atom. The number of aromatic amines is 1. The van der Waals surface area contributed by atoms with Crippen LogP contribution in [0.5, 0.6) is 0 Å². The smallest absolute Gasteiger partial charge is 0.338 e. The van der Waals surface area contributed by atoms with E-state index in [4.69, 9.17) is 4.98 Å². The molecule has 0 unspecified atom stereocenters. The van der Waals surface area contributed by atoms with Crippen LogP contribution in [0.4, 0.5) is 4.39 Å². The van der Waals surface area contributed by atoms with Gasteiger partial charge in [0.05, 0.1) is 17.0 Å². The molecule has 0 saturated heterocycles. The molecule has 0 radical (unpaired) electrons. The first-order chi connectivity index (χ1) is 13.1. The van der Waals surface area contributed by atoms with E-state index in [0.29, 0.717) is 22.8 Å². The van der Waals surface area contributed by atoms with E-state index in [1.807, 2.05) is 42.5 Å². The molecule has 0 amide bonds. The van der Waals surface area contributed by atoms with E-state index in [-0.39, 0.29) is 5.56 Å². The molecule has 0 saturated carbocycles. The van der Waals surface area contributed by atoms with Gasteiger partial charge in [0.1, 0.15) is 11.6 Å². The van der Waals surface area contributed by atoms with E-state index in [2.05, 4.69) is 9.97 Å². The highest BCUT2D eigenvalue weighted by molar-refractivity contribution is 5.91. The fraction of sp³-hybridized carbons (Fsp3) is 0. The Balaban J connectivity index is 1.93. The van der Waals surface area contributed by atoms with Crippen LogP contribution >= 0.6 is 0 Å². The van der Waals surface area contributed by atoms with Crippen LogP contribution in [0.1, 0.15) is 10.4 Å². The zero-order valence-corrected chi connectivity index (χ0v) is 14.1. The van der Waals surface area contributed by atoms with E-state index in [1.165, 1.54) is 12.1 Å². The van der Waals surface area contributed by atoms with Gasteiger partial charge in [-0.3, -0.25) is 4.98 Å². The minimum atomic E-state index is -1.32. The maximum atomic E-state index is 13.8. The summed E-state index contributed by atoms with van der Waals surface area (Å²) < 4.78 is 13.8. The molecule has 0 bridgehead atoms. The van der Waals surface area contributed by atoms with E-state index in [9.17, 15) is 14.3 Å². The zero-order chi connectivity index (χ0) is 18.8. The maximum Gasteiger partial charge on any atom is 0.338 e. The monoisotopic (exact) mass is 359 g/mol.